The number of thioether (sulfide) groups is 1. The van der Waals surface area contributed by atoms with E-state index < -0.39 is 40.0 Å². The summed E-state index contributed by atoms with van der Waals surface area (Å²) < 4.78 is 25.8. The van der Waals surface area contributed by atoms with E-state index in [4.69, 9.17) is 18.9 Å². The zero-order chi connectivity index (χ0) is 29.5. The molecule has 4 atom stereocenters. The van der Waals surface area contributed by atoms with Gasteiger partial charge in [-0.25, -0.2) is 4.79 Å². The molecule has 2 aliphatic heterocycles. The van der Waals surface area contributed by atoms with Gasteiger partial charge in [-0.2, -0.15) is 0 Å². The van der Waals surface area contributed by atoms with Crippen molar-refractivity contribution in [2.75, 3.05) is 26.6 Å². The van der Waals surface area contributed by atoms with Crippen molar-refractivity contribution < 1.29 is 24.1 Å². The van der Waals surface area contributed by atoms with E-state index in [0.29, 0.717) is 22.8 Å². The highest BCUT2D eigenvalue weighted by molar-refractivity contribution is 8.00. The summed E-state index contributed by atoms with van der Waals surface area (Å²) in [6.45, 7) is 1.65. The Kier molecular flexibility index (Phi) is 7.48. The van der Waals surface area contributed by atoms with Crippen LogP contribution < -0.4 is 20.7 Å². The number of benzene rings is 3. The Labute approximate surface area is 247 Å². The third-order valence-electron chi connectivity index (χ3n) is 8.13. The fourth-order valence-electron chi connectivity index (χ4n) is 5.82. The van der Waals surface area contributed by atoms with Gasteiger partial charge in [0.05, 0.1) is 26.1 Å². The van der Waals surface area contributed by atoms with E-state index >= 15 is 0 Å². The van der Waals surface area contributed by atoms with Gasteiger partial charge in [0.2, 0.25) is 0 Å². The van der Waals surface area contributed by atoms with E-state index in [0.717, 1.165) is 16.7 Å². The Morgan fingerprint density at radius 1 is 0.952 bits per heavy atom. The Hall–Kier alpha value is -3.83. The minimum absolute atomic E-state index is 0.0260. The summed E-state index contributed by atoms with van der Waals surface area (Å²) in [7, 11) is 3.24. The van der Waals surface area contributed by atoms with Gasteiger partial charge < -0.3 is 24.1 Å². The van der Waals surface area contributed by atoms with Gasteiger partial charge in [-0.1, -0.05) is 54.6 Å². The molecule has 9 nitrogen and oxygen atoms in total. The number of hydrogen-bond acceptors (Lipinski definition) is 8. The number of nitrogens with zero attached hydrogens (tertiary/aromatic N) is 1. The topological polar surface area (TPSA) is 112 Å². The van der Waals surface area contributed by atoms with Crippen LogP contribution in [0.5, 0.6) is 11.5 Å². The number of aromatic amines is 1. The second kappa shape index (κ2) is 11.1. The van der Waals surface area contributed by atoms with E-state index in [2.05, 4.69) is 4.98 Å². The Morgan fingerprint density at radius 2 is 1.52 bits per heavy atom. The lowest BCUT2D eigenvalue weighted by atomic mass is 9.79. The predicted molar refractivity (Wildman–Crippen MR) is 159 cm³/mol. The lowest BCUT2D eigenvalue weighted by molar-refractivity contribution is -0.149. The SMILES string of the molecule is COc1ccc(C(OC[C@@]23CS[C@@H]([C@H](n4cc(C)c(=O)[nH]c4=O)O2)[C@@H]3O)(c2ccccc2)c2ccc(OC)cc2)cc1. The summed E-state index contributed by atoms with van der Waals surface area (Å²) in [6.07, 6.45) is -0.192. The van der Waals surface area contributed by atoms with Gasteiger partial charge in [-0.05, 0) is 47.9 Å². The summed E-state index contributed by atoms with van der Waals surface area (Å²) >= 11 is 1.53. The van der Waals surface area contributed by atoms with Crippen molar-refractivity contribution in [1.82, 2.24) is 9.55 Å². The first kappa shape index (κ1) is 28.3. The van der Waals surface area contributed by atoms with Gasteiger partial charge >= 0.3 is 5.69 Å². The number of aliphatic hydroxyl groups excluding tert-OH is 1. The van der Waals surface area contributed by atoms with E-state index in [1.54, 1.807) is 21.1 Å². The third kappa shape index (κ3) is 4.64. The van der Waals surface area contributed by atoms with Gasteiger partial charge in [0.15, 0.2) is 6.23 Å². The summed E-state index contributed by atoms with van der Waals surface area (Å²) in [6, 6.07) is 25.3. The molecule has 2 aliphatic rings. The Morgan fingerprint density at radius 3 is 2.10 bits per heavy atom. The van der Waals surface area contributed by atoms with Crippen molar-refractivity contribution in [2.24, 2.45) is 0 Å². The molecule has 2 bridgehead atoms. The van der Waals surface area contributed by atoms with Crippen molar-refractivity contribution in [2.45, 2.75) is 35.7 Å². The summed E-state index contributed by atoms with van der Waals surface area (Å²) in [4.78, 5) is 27.1. The number of hydrogen-bond donors (Lipinski definition) is 2. The molecule has 1 aromatic heterocycles. The van der Waals surface area contributed by atoms with E-state index in [1.807, 2.05) is 78.9 Å². The van der Waals surface area contributed by atoms with Crippen LogP contribution in [0.1, 0.15) is 28.5 Å². The van der Waals surface area contributed by atoms with E-state index in [-0.39, 0.29) is 6.61 Å². The zero-order valence-corrected chi connectivity index (χ0v) is 24.3. The van der Waals surface area contributed by atoms with Crippen LogP contribution in [0.25, 0.3) is 0 Å². The smallest absolute Gasteiger partial charge is 0.330 e. The van der Waals surface area contributed by atoms with Crippen LogP contribution in [0.2, 0.25) is 0 Å². The van der Waals surface area contributed by atoms with Crippen LogP contribution in [0.15, 0.2) is 94.6 Å². The van der Waals surface area contributed by atoms with Crippen LogP contribution in [-0.2, 0) is 15.1 Å². The monoisotopic (exact) mass is 588 g/mol. The average Bonchev–Trinajstić information content (AvgIpc) is 3.49. The lowest BCUT2D eigenvalue weighted by Crippen LogP contribution is -2.48. The highest BCUT2D eigenvalue weighted by Crippen LogP contribution is 2.53. The van der Waals surface area contributed by atoms with Gasteiger partial charge in [-0.15, -0.1) is 11.8 Å². The maximum Gasteiger partial charge on any atom is 0.330 e. The number of aryl methyl sites for hydroxylation is 1. The molecule has 4 aromatic rings. The molecule has 0 amide bonds. The molecule has 2 fully saturated rings. The number of rotatable bonds is 9. The third-order valence-corrected chi connectivity index (χ3v) is 9.66. The van der Waals surface area contributed by atoms with Crippen molar-refractivity contribution in [3.05, 3.63) is 128 Å². The molecular formula is C32H32N2O7S. The molecule has 2 N–H and O–H groups in total. The fourth-order valence-corrected chi connectivity index (χ4v) is 7.40. The minimum Gasteiger partial charge on any atom is -0.497 e. The molecule has 10 heteroatoms. The van der Waals surface area contributed by atoms with Crippen molar-refractivity contribution in [3.8, 4) is 11.5 Å². The van der Waals surface area contributed by atoms with Gasteiger partial charge in [0, 0.05) is 17.5 Å². The van der Waals surface area contributed by atoms with Crippen molar-refractivity contribution in [1.29, 1.82) is 0 Å². The van der Waals surface area contributed by atoms with Crippen molar-refractivity contribution in [3.63, 3.8) is 0 Å². The van der Waals surface area contributed by atoms with Crippen LogP contribution >= 0.6 is 11.8 Å². The maximum atomic E-state index is 12.7. The standard InChI is InChI=1S/C32H32N2O7S/c1-20-17-34(30(37)33-28(20)36)29-26-27(35)31(41-29,19-42-26)18-40-32(21-7-5-4-6-8-21,22-9-13-24(38-2)14-10-22)23-11-15-25(39-3)16-12-23/h4-17,26-27,29,35H,18-19H2,1-3H3,(H,33,36,37)/t26-,27+,29-,31+/m1/s1. The van der Waals surface area contributed by atoms with Crippen LogP contribution in [0.4, 0.5) is 0 Å². The molecule has 0 saturated carbocycles. The molecule has 0 spiro atoms. The summed E-state index contributed by atoms with van der Waals surface area (Å²) in [5.74, 6) is 1.90. The van der Waals surface area contributed by atoms with Crippen LogP contribution in [0, 0.1) is 6.92 Å². The van der Waals surface area contributed by atoms with Crippen LogP contribution in [0.3, 0.4) is 0 Å². The highest BCUT2D eigenvalue weighted by Gasteiger charge is 2.62. The molecule has 3 aromatic carbocycles. The van der Waals surface area contributed by atoms with Crippen LogP contribution in [-0.4, -0.2) is 58.2 Å². The number of methoxy groups -OCH3 is 2. The number of H-pyrrole nitrogens is 1. The molecule has 2 saturated heterocycles. The van der Waals surface area contributed by atoms with Crippen molar-refractivity contribution >= 4 is 11.8 Å². The summed E-state index contributed by atoms with van der Waals surface area (Å²) in [5, 5.41) is 11.1. The van der Waals surface area contributed by atoms with E-state index in [9.17, 15) is 14.7 Å². The maximum absolute atomic E-state index is 12.7. The molecule has 0 aliphatic carbocycles. The molecule has 42 heavy (non-hydrogen) atoms. The first-order valence-corrected chi connectivity index (χ1v) is 14.6. The number of nitrogens with one attached hydrogen (secondary N) is 1. The molecular weight excluding hydrogens is 556 g/mol. The molecule has 3 heterocycles. The highest BCUT2D eigenvalue weighted by atomic mass is 32.2. The van der Waals surface area contributed by atoms with Gasteiger partial charge in [0.25, 0.3) is 5.56 Å². The second-order valence-electron chi connectivity index (χ2n) is 10.6. The molecule has 0 unspecified atom stereocenters. The van der Waals surface area contributed by atoms with E-state index in [1.165, 1.54) is 22.5 Å². The normalized spacial score (nSPS) is 23.2. The minimum atomic E-state index is -1.09. The number of fused-ring (bicyclic) bond motifs is 2. The predicted octanol–water partition coefficient (Wildman–Crippen LogP) is 3.61. The molecule has 6 rings (SSSR count). The number of aliphatic hydroxyl groups is 1. The Balaban J connectivity index is 1.44. The first-order valence-electron chi connectivity index (χ1n) is 13.6. The average molecular weight is 589 g/mol. The molecule has 0 radical (unpaired) electrons. The molecule has 218 valence electrons. The Bertz CT molecular complexity index is 1620. The number of ether oxygens (including phenoxy) is 4. The second-order valence-corrected chi connectivity index (χ2v) is 11.7. The first-order chi connectivity index (χ1) is 20.3. The number of aromatic nitrogens is 2. The summed E-state index contributed by atoms with van der Waals surface area (Å²) in [5.41, 5.74) is -0.237. The lowest BCUT2D eigenvalue weighted by Gasteiger charge is -2.40. The fraction of sp³-hybridized carbons (Fsp3) is 0.312. The zero-order valence-electron chi connectivity index (χ0n) is 23.5. The largest absolute Gasteiger partial charge is 0.497 e. The van der Waals surface area contributed by atoms with Gasteiger partial charge in [0.1, 0.15) is 28.8 Å². The quantitative estimate of drug-likeness (QED) is 0.285. The van der Waals surface area contributed by atoms with Gasteiger partial charge in [-0.3, -0.25) is 14.3 Å².